The molecule has 3 rings (SSSR count). The molecule has 1 heterocycles. The third kappa shape index (κ3) is 5.07. The van der Waals surface area contributed by atoms with Crippen molar-refractivity contribution in [1.29, 1.82) is 0 Å². The van der Waals surface area contributed by atoms with Gasteiger partial charge in [-0.05, 0) is 24.6 Å². The predicted octanol–water partition coefficient (Wildman–Crippen LogP) is 3.56. The van der Waals surface area contributed by atoms with Crippen LogP contribution in [0, 0.1) is 0 Å². The first-order valence-corrected chi connectivity index (χ1v) is 10.8. The van der Waals surface area contributed by atoms with E-state index in [1.807, 2.05) is 37.3 Å². The Labute approximate surface area is 164 Å². The maximum atomic E-state index is 12.2. The molecule has 1 atom stereocenters. The Bertz CT molecular complexity index is 1040. The van der Waals surface area contributed by atoms with Crippen LogP contribution < -0.4 is 5.32 Å². The van der Waals surface area contributed by atoms with E-state index in [0.717, 1.165) is 11.1 Å². The fourth-order valence-electron chi connectivity index (χ4n) is 2.78. The molecule has 6 nitrogen and oxygen atoms in total. The molecule has 0 aliphatic rings. The van der Waals surface area contributed by atoms with Crippen molar-refractivity contribution in [2.24, 2.45) is 0 Å². The second-order valence-electron chi connectivity index (χ2n) is 6.61. The normalized spacial score (nSPS) is 12.5. The van der Waals surface area contributed by atoms with E-state index in [9.17, 15) is 13.2 Å². The molecule has 1 aromatic heterocycles. The zero-order chi connectivity index (χ0) is 20.1. The second kappa shape index (κ2) is 8.39. The number of carbonyl (C=O) groups is 1. The molecule has 1 amide bonds. The van der Waals surface area contributed by atoms with Crippen molar-refractivity contribution >= 4 is 15.7 Å². The lowest BCUT2D eigenvalue weighted by molar-refractivity contribution is -0.121. The second-order valence-corrected chi connectivity index (χ2v) is 8.63. The lowest BCUT2D eigenvalue weighted by Crippen LogP contribution is -2.26. The highest BCUT2D eigenvalue weighted by atomic mass is 32.2. The number of hydrogen-bond acceptors (Lipinski definition) is 5. The summed E-state index contributed by atoms with van der Waals surface area (Å²) in [5, 5.41) is 2.91. The van der Waals surface area contributed by atoms with Gasteiger partial charge in [-0.25, -0.2) is 13.4 Å². The highest BCUT2D eigenvalue weighted by molar-refractivity contribution is 7.90. The Morgan fingerprint density at radius 3 is 2.43 bits per heavy atom. The SMILES string of the molecule is CC(NC(=O)CCc1ncc(-c2ccccc2)o1)c1ccc(S(C)(=O)=O)cc1. The van der Waals surface area contributed by atoms with Gasteiger partial charge in [0, 0.05) is 24.7 Å². The van der Waals surface area contributed by atoms with Crippen molar-refractivity contribution in [2.75, 3.05) is 6.26 Å². The van der Waals surface area contributed by atoms with Gasteiger partial charge in [0.25, 0.3) is 0 Å². The van der Waals surface area contributed by atoms with Crippen LogP contribution in [0.3, 0.4) is 0 Å². The fourth-order valence-corrected chi connectivity index (χ4v) is 3.41. The Balaban J connectivity index is 1.54. The van der Waals surface area contributed by atoms with Gasteiger partial charge in [0.05, 0.1) is 17.1 Å². The van der Waals surface area contributed by atoms with Crippen LogP contribution in [0.5, 0.6) is 0 Å². The number of amides is 1. The Morgan fingerprint density at radius 1 is 1.11 bits per heavy atom. The first kappa shape index (κ1) is 19.8. The first-order chi connectivity index (χ1) is 13.3. The number of oxazole rings is 1. The minimum Gasteiger partial charge on any atom is -0.441 e. The molecule has 0 saturated heterocycles. The van der Waals surface area contributed by atoms with Crippen molar-refractivity contribution in [1.82, 2.24) is 10.3 Å². The molecule has 0 fully saturated rings. The van der Waals surface area contributed by atoms with Gasteiger partial charge in [-0.3, -0.25) is 4.79 Å². The fraction of sp³-hybridized carbons (Fsp3) is 0.238. The van der Waals surface area contributed by atoms with Crippen LogP contribution >= 0.6 is 0 Å². The van der Waals surface area contributed by atoms with E-state index >= 15 is 0 Å². The minimum absolute atomic E-state index is 0.126. The molecule has 0 bridgehead atoms. The van der Waals surface area contributed by atoms with E-state index in [0.29, 0.717) is 18.1 Å². The molecule has 1 N–H and O–H groups in total. The topological polar surface area (TPSA) is 89.3 Å². The highest BCUT2D eigenvalue weighted by Crippen LogP contribution is 2.20. The quantitative estimate of drug-likeness (QED) is 0.657. The molecule has 0 aliphatic carbocycles. The van der Waals surface area contributed by atoms with Gasteiger partial charge in [0.2, 0.25) is 5.91 Å². The number of hydrogen-bond donors (Lipinski definition) is 1. The van der Waals surface area contributed by atoms with E-state index in [1.165, 1.54) is 6.26 Å². The molecule has 2 aromatic carbocycles. The third-order valence-electron chi connectivity index (χ3n) is 4.36. The molecule has 0 spiro atoms. The smallest absolute Gasteiger partial charge is 0.220 e. The summed E-state index contributed by atoms with van der Waals surface area (Å²) in [6, 6.07) is 15.9. The van der Waals surface area contributed by atoms with E-state index in [1.54, 1.807) is 30.5 Å². The van der Waals surface area contributed by atoms with Crippen molar-refractivity contribution in [3.63, 3.8) is 0 Å². The van der Waals surface area contributed by atoms with Crippen LogP contribution in [0.25, 0.3) is 11.3 Å². The summed E-state index contributed by atoms with van der Waals surface area (Å²) in [5.74, 6) is 1.06. The molecule has 0 radical (unpaired) electrons. The number of aryl methyl sites for hydroxylation is 1. The minimum atomic E-state index is -3.23. The average molecular weight is 398 g/mol. The summed E-state index contributed by atoms with van der Waals surface area (Å²) in [7, 11) is -3.23. The lowest BCUT2D eigenvalue weighted by Gasteiger charge is -2.14. The molecule has 7 heteroatoms. The Hall–Kier alpha value is -2.93. The molecular weight excluding hydrogens is 376 g/mol. The van der Waals surface area contributed by atoms with Crippen LogP contribution in [0.15, 0.2) is 70.1 Å². The van der Waals surface area contributed by atoms with Gasteiger partial charge in [-0.15, -0.1) is 0 Å². The van der Waals surface area contributed by atoms with Crippen LogP contribution in [-0.2, 0) is 21.1 Å². The van der Waals surface area contributed by atoms with E-state index in [2.05, 4.69) is 10.3 Å². The van der Waals surface area contributed by atoms with Crippen LogP contribution in [0.1, 0.15) is 30.8 Å². The van der Waals surface area contributed by atoms with Crippen molar-refractivity contribution < 1.29 is 17.6 Å². The molecule has 28 heavy (non-hydrogen) atoms. The van der Waals surface area contributed by atoms with Gasteiger partial charge in [-0.2, -0.15) is 0 Å². The van der Waals surface area contributed by atoms with E-state index in [4.69, 9.17) is 4.42 Å². The number of sulfone groups is 1. The molecule has 0 saturated carbocycles. The number of rotatable bonds is 7. The van der Waals surface area contributed by atoms with Gasteiger partial charge in [0.1, 0.15) is 0 Å². The summed E-state index contributed by atoms with van der Waals surface area (Å²) < 4.78 is 28.7. The predicted molar refractivity (Wildman–Crippen MR) is 106 cm³/mol. The molecule has 3 aromatic rings. The zero-order valence-corrected chi connectivity index (χ0v) is 16.6. The van der Waals surface area contributed by atoms with Gasteiger partial charge >= 0.3 is 0 Å². The molecule has 0 aliphatic heterocycles. The van der Waals surface area contributed by atoms with Crippen LogP contribution in [0.4, 0.5) is 0 Å². The lowest BCUT2D eigenvalue weighted by atomic mass is 10.1. The highest BCUT2D eigenvalue weighted by Gasteiger charge is 2.13. The monoisotopic (exact) mass is 398 g/mol. The molecule has 146 valence electrons. The standard InChI is InChI=1S/C21H22N2O4S/c1-15(16-8-10-18(11-9-16)28(2,25)26)23-20(24)12-13-21-22-14-19(27-21)17-6-4-3-5-7-17/h3-11,14-15H,12-13H2,1-2H3,(H,23,24). The molecular formula is C21H22N2O4S. The first-order valence-electron chi connectivity index (χ1n) is 8.92. The molecule has 1 unspecified atom stereocenters. The summed E-state index contributed by atoms with van der Waals surface area (Å²) in [6.45, 7) is 1.85. The van der Waals surface area contributed by atoms with Gasteiger partial charge in [0.15, 0.2) is 21.5 Å². The van der Waals surface area contributed by atoms with E-state index in [-0.39, 0.29) is 23.3 Å². The number of benzene rings is 2. The largest absolute Gasteiger partial charge is 0.441 e. The number of nitrogens with zero attached hydrogens (tertiary/aromatic N) is 1. The van der Waals surface area contributed by atoms with E-state index < -0.39 is 9.84 Å². The number of aromatic nitrogens is 1. The Morgan fingerprint density at radius 2 is 1.79 bits per heavy atom. The maximum Gasteiger partial charge on any atom is 0.220 e. The number of nitrogens with one attached hydrogen (secondary N) is 1. The summed E-state index contributed by atoms with van der Waals surface area (Å²) in [4.78, 5) is 16.7. The summed E-state index contributed by atoms with van der Waals surface area (Å²) in [6.07, 6.45) is 3.48. The van der Waals surface area contributed by atoms with Crippen molar-refractivity contribution in [2.45, 2.75) is 30.7 Å². The van der Waals surface area contributed by atoms with Gasteiger partial charge < -0.3 is 9.73 Å². The summed E-state index contributed by atoms with van der Waals surface area (Å²) in [5.41, 5.74) is 1.78. The Kier molecular flexibility index (Phi) is 5.94. The van der Waals surface area contributed by atoms with Crippen molar-refractivity contribution in [3.05, 3.63) is 72.2 Å². The third-order valence-corrected chi connectivity index (χ3v) is 5.49. The van der Waals surface area contributed by atoms with Crippen LogP contribution in [-0.4, -0.2) is 25.6 Å². The van der Waals surface area contributed by atoms with Crippen molar-refractivity contribution in [3.8, 4) is 11.3 Å². The van der Waals surface area contributed by atoms with Gasteiger partial charge in [-0.1, -0.05) is 42.5 Å². The number of carbonyl (C=O) groups excluding carboxylic acids is 1. The summed E-state index contributed by atoms with van der Waals surface area (Å²) >= 11 is 0. The maximum absolute atomic E-state index is 12.2. The zero-order valence-electron chi connectivity index (χ0n) is 15.8. The average Bonchev–Trinajstić information content (AvgIpc) is 3.15. The van der Waals surface area contributed by atoms with Crippen LogP contribution in [0.2, 0.25) is 0 Å².